The summed E-state index contributed by atoms with van der Waals surface area (Å²) >= 11 is 7.50. The summed E-state index contributed by atoms with van der Waals surface area (Å²) in [5.41, 5.74) is 6.11. The van der Waals surface area contributed by atoms with Crippen LogP contribution in [0.15, 0.2) is 28.2 Å². The summed E-state index contributed by atoms with van der Waals surface area (Å²) in [7, 11) is 0. The van der Waals surface area contributed by atoms with E-state index in [1.54, 1.807) is 6.07 Å². The summed E-state index contributed by atoms with van der Waals surface area (Å²) in [6.07, 6.45) is 0. The monoisotopic (exact) mass is 311 g/mol. The second-order valence-electron chi connectivity index (χ2n) is 4.06. The van der Waals surface area contributed by atoms with Crippen LogP contribution in [0.3, 0.4) is 0 Å². The Bertz CT molecular complexity index is 720. The fourth-order valence-electron chi connectivity index (χ4n) is 1.74. The summed E-state index contributed by atoms with van der Waals surface area (Å²) in [6.45, 7) is 0.201. The average molecular weight is 312 g/mol. The van der Waals surface area contributed by atoms with Crippen LogP contribution in [0.25, 0.3) is 0 Å². The Kier molecular flexibility index (Phi) is 3.45. The van der Waals surface area contributed by atoms with Crippen LogP contribution in [0.4, 0.5) is 5.82 Å². The fraction of sp³-hybridized carbons (Fsp3) is 0.167. The number of hydrogen-bond acceptors (Lipinski definition) is 6. The Morgan fingerprint density at radius 1 is 1.35 bits per heavy atom. The van der Waals surface area contributed by atoms with Crippen LogP contribution >= 0.6 is 23.4 Å². The molecule has 8 heteroatoms. The highest BCUT2D eigenvalue weighted by atomic mass is 35.5. The van der Waals surface area contributed by atoms with Crippen molar-refractivity contribution in [2.45, 2.75) is 10.9 Å². The first-order chi connectivity index (χ1) is 9.61. The van der Waals surface area contributed by atoms with E-state index in [0.29, 0.717) is 27.4 Å². The second-order valence-corrected chi connectivity index (χ2v) is 5.43. The van der Waals surface area contributed by atoms with Crippen molar-refractivity contribution in [2.75, 3.05) is 12.5 Å². The molecule has 2 heterocycles. The molecule has 0 unspecified atom stereocenters. The van der Waals surface area contributed by atoms with Crippen molar-refractivity contribution in [3.63, 3.8) is 0 Å². The number of hydrogen-bond donors (Lipinski definition) is 2. The van der Waals surface area contributed by atoms with Crippen molar-refractivity contribution in [1.29, 1.82) is 0 Å². The van der Waals surface area contributed by atoms with Gasteiger partial charge in [0, 0.05) is 22.9 Å². The standard InChI is InChI=1S/C12H10ClN3O3S/c13-7-2-9-8(18-5-19-9)1-6(7)4-20-12-15-10(14)3-11(17)16-12/h1-3H,4-5H2,(H3,14,15,16,17). The molecule has 20 heavy (non-hydrogen) atoms. The van der Waals surface area contributed by atoms with Crippen molar-refractivity contribution >= 4 is 29.2 Å². The maximum absolute atomic E-state index is 11.3. The molecular formula is C12H10ClN3O3S. The lowest BCUT2D eigenvalue weighted by Gasteiger charge is -2.06. The van der Waals surface area contributed by atoms with E-state index in [4.69, 9.17) is 26.8 Å². The molecule has 104 valence electrons. The van der Waals surface area contributed by atoms with Crippen LogP contribution in [0, 0.1) is 0 Å². The van der Waals surface area contributed by atoms with Crippen LogP contribution < -0.4 is 20.8 Å². The number of nitrogens with one attached hydrogen (secondary N) is 1. The number of aromatic nitrogens is 2. The van der Waals surface area contributed by atoms with Crippen molar-refractivity contribution in [3.05, 3.63) is 39.1 Å². The number of ether oxygens (including phenoxy) is 2. The third-order valence-corrected chi connectivity index (χ3v) is 3.92. The van der Waals surface area contributed by atoms with Crippen molar-refractivity contribution in [1.82, 2.24) is 9.97 Å². The predicted octanol–water partition coefficient (Wildman–Crippen LogP) is 2.03. The van der Waals surface area contributed by atoms with Gasteiger partial charge in [-0.1, -0.05) is 23.4 Å². The molecule has 0 atom stereocenters. The largest absolute Gasteiger partial charge is 0.454 e. The number of thioether (sulfide) groups is 1. The normalized spacial score (nSPS) is 12.7. The van der Waals surface area contributed by atoms with Gasteiger partial charge in [0.05, 0.1) is 0 Å². The summed E-state index contributed by atoms with van der Waals surface area (Å²) in [6, 6.07) is 4.77. The fourth-order valence-corrected chi connectivity index (χ4v) is 2.91. The number of nitrogens with two attached hydrogens (primary N) is 1. The van der Waals surface area contributed by atoms with Crippen LogP contribution in [0.2, 0.25) is 5.02 Å². The number of nitrogens with zero attached hydrogens (tertiary/aromatic N) is 1. The van der Waals surface area contributed by atoms with Crippen molar-refractivity contribution in [3.8, 4) is 11.5 Å². The van der Waals surface area contributed by atoms with Crippen molar-refractivity contribution < 1.29 is 9.47 Å². The Morgan fingerprint density at radius 2 is 2.10 bits per heavy atom. The van der Waals surface area contributed by atoms with Gasteiger partial charge in [-0.25, -0.2) is 4.98 Å². The van der Waals surface area contributed by atoms with Crippen LogP contribution in [-0.4, -0.2) is 16.8 Å². The van der Waals surface area contributed by atoms with Gasteiger partial charge in [0.1, 0.15) is 5.82 Å². The molecule has 3 N–H and O–H groups in total. The van der Waals surface area contributed by atoms with E-state index in [1.807, 2.05) is 6.07 Å². The van der Waals surface area contributed by atoms with Crippen LogP contribution in [0.1, 0.15) is 5.56 Å². The summed E-state index contributed by atoms with van der Waals surface area (Å²) in [5, 5.41) is 1.02. The second kappa shape index (κ2) is 5.26. The van der Waals surface area contributed by atoms with Gasteiger partial charge in [0.2, 0.25) is 6.79 Å². The number of benzene rings is 1. The molecule has 0 amide bonds. The molecule has 3 rings (SSSR count). The van der Waals surface area contributed by atoms with E-state index in [0.717, 1.165) is 5.56 Å². The minimum absolute atomic E-state index is 0.188. The average Bonchev–Trinajstić information content (AvgIpc) is 2.81. The first-order valence-corrected chi connectivity index (χ1v) is 7.06. The molecule has 2 aromatic rings. The zero-order chi connectivity index (χ0) is 14.1. The Hall–Kier alpha value is -1.86. The summed E-state index contributed by atoms with van der Waals surface area (Å²) < 4.78 is 10.5. The quantitative estimate of drug-likeness (QED) is 0.666. The van der Waals surface area contributed by atoms with Crippen LogP contribution in [-0.2, 0) is 5.75 Å². The van der Waals surface area contributed by atoms with E-state index in [-0.39, 0.29) is 18.2 Å². The van der Waals surface area contributed by atoms with Gasteiger partial charge in [-0.15, -0.1) is 0 Å². The lowest BCUT2D eigenvalue weighted by molar-refractivity contribution is 0.174. The van der Waals surface area contributed by atoms with E-state index in [2.05, 4.69) is 9.97 Å². The smallest absolute Gasteiger partial charge is 0.253 e. The van der Waals surface area contributed by atoms with Crippen LogP contribution in [0.5, 0.6) is 11.5 Å². The third kappa shape index (κ3) is 2.68. The first-order valence-electron chi connectivity index (χ1n) is 5.69. The number of nitrogen functional groups attached to an aromatic ring is 1. The molecule has 0 radical (unpaired) electrons. The zero-order valence-corrected chi connectivity index (χ0v) is 11.8. The number of fused-ring (bicyclic) bond motifs is 1. The molecule has 1 aromatic carbocycles. The minimum atomic E-state index is -0.281. The lowest BCUT2D eigenvalue weighted by atomic mass is 10.2. The Morgan fingerprint density at radius 3 is 2.85 bits per heavy atom. The van der Waals surface area contributed by atoms with Gasteiger partial charge in [0.25, 0.3) is 5.56 Å². The van der Waals surface area contributed by atoms with Gasteiger partial charge in [-0.05, 0) is 11.6 Å². The zero-order valence-electron chi connectivity index (χ0n) is 10.2. The highest BCUT2D eigenvalue weighted by Crippen LogP contribution is 2.38. The predicted molar refractivity (Wildman–Crippen MR) is 76.4 cm³/mol. The number of aromatic amines is 1. The molecule has 0 fully saturated rings. The molecule has 0 spiro atoms. The summed E-state index contributed by atoms with van der Waals surface area (Å²) in [4.78, 5) is 17.9. The lowest BCUT2D eigenvalue weighted by Crippen LogP contribution is -2.09. The SMILES string of the molecule is Nc1cc(=O)[nH]c(SCc2cc3c(cc2Cl)OCO3)n1. The van der Waals surface area contributed by atoms with Gasteiger partial charge in [-0.2, -0.15) is 0 Å². The molecule has 0 aliphatic carbocycles. The Balaban J connectivity index is 1.80. The summed E-state index contributed by atoms with van der Waals surface area (Å²) in [5.74, 6) is 2.02. The van der Waals surface area contributed by atoms with Gasteiger partial charge >= 0.3 is 0 Å². The van der Waals surface area contributed by atoms with E-state index in [1.165, 1.54) is 17.8 Å². The highest BCUT2D eigenvalue weighted by molar-refractivity contribution is 7.98. The van der Waals surface area contributed by atoms with E-state index in [9.17, 15) is 4.79 Å². The van der Waals surface area contributed by atoms with Crippen molar-refractivity contribution in [2.24, 2.45) is 0 Å². The number of H-pyrrole nitrogens is 1. The molecule has 1 aliphatic rings. The molecule has 0 saturated carbocycles. The maximum atomic E-state index is 11.3. The van der Waals surface area contributed by atoms with Gasteiger partial charge < -0.3 is 20.2 Å². The Labute approximate surface area is 123 Å². The topological polar surface area (TPSA) is 90.2 Å². The molecule has 0 bridgehead atoms. The highest BCUT2D eigenvalue weighted by Gasteiger charge is 2.16. The van der Waals surface area contributed by atoms with Gasteiger partial charge in [0.15, 0.2) is 16.7 Å². The first kappa shape index (κ1) is 13.1. The number of rotatable bonds is 3. The number of anilines is 1. The van der Waals surface area contributed by atoms with E-state index < -0.39 is 0 Å². The number of halogens is 1. The molecular weight excluding hydrogens is 302 g/mol. The van der Waals surface area contributed by atoms with Gasteiger partial charge in [-0.3, -0.25) is 4.79 Å². The minimum Gasteiger partial charge on any atom is -0.454 e. The molecule has 1 aliphatic heterocycles. The third-order valence-electron chi connectivity index (χ3n) is 2.65. The molecule has 6 nitrogen and oxygen atoms in total. The maximum Gasteiger partial charge on any atom is 0.253 e. The molecule has 0 saturated heterocycles. The molecule has 1 aromatic heterocycles. The van der Waals surface area contributed by atoms with E-state index >= 15 is 0 Å².